The molecule has 1 aromatic carbocycles. The van der Waals surface area contributed by atoms with Crippen LogP contribution in [-0.2, 0) is 13.0 Å². The average Bonchev–Trinajstić information content (AvgIpc) is 2.65. The highest BCUT2D eigenvalue weighted by molar-refractivity contribution is 5.43. The SMILES string of the molecule is COc1ccc(CCN(C)Cc2cc(=O)n3c(C)cccc3n2)cc1OC. The van der Waals surface area contributed by atoms with Gasteiger partial charge in [-0.15, -0.1) is 0 Å². The molecular weight excluding hydrogens is 342 g/mol. The van der Waals surface area contributed by atoms with Gasteiger partial charge in [-0.05, 0) is 50.2 Å². The normalized spacial score (nSPS) is 11.1. The first kappa shape index (κ1) is 18.9. The Morgan fingerprint density at radius 1 is 1.07 bits per heavy atom. The van der Waals surface area contributed by atoms with E-state index in [1.54, 1.807) is 24.7 Å². The molecule has 0 radical (unpaired) electrons. The molecule has 0 N–H and O–H groups in total. The fraction of sp³-hybridized carbons (Fsp3) is 0.333. The number of likely N-dealkylation sites (N-methyl/N-ethyl adjacent to an activating group) is 1. The number of hydrogen-bond acceptors (Lipinski definition) is 5. The number of aromatic nitrogens is 2. The van der Waals surface area contributed by atoms with E-state index in [0.29, 0.717) is 12.2 Å². The first-order valence-corrected chi connectivity index (χ1v) is 8.89. The molecule has 0 atom stereocenters. The van der Waals surface area contributed by atoms with Gasteiger partial charge in [-0.2, -0.15) is 0 Å². The van der Waals surface area contributed by atoms with Crippen LogP contribution in [0.15, 0.2) is 47.3 Å². The van der Waals surface area contributed by atoms with Crippen molar-refractivity contribution >= 4 is 5.65 Å². The van der Waals surface area contributed by atoms with E-state index < -0.39 is 0 Å². The van der Waals surface area contributed by atoms with Gasteiger partial charge in [0.1, 0.15) is 5.65 Å². The Balaban J connectivity index is 1.68. The lowest BCUT2D eigenvalue weighted by Crippen LogP contribution is -2.24. The minimum absolute atomic E-state index is 0.0404. The molecule has 0 fully saturated rings. The van der Waals surface area contributed by atoms with E-state index in [1.165, 1.54) is 5.56 Å². The molecule has 142 valence electrons. The summed E-state index contributed by atoms with van der Waals surface area (Å²) in [5.74, 6) is 1.46. The van der Waals surface area contributed by atoms with E-state index in [9.17, 15) is 4.79 Å². The van der Waals surface area contributed by atoms with Crippen LogP contribution in [0.25, 0.3) is 5.65 Å². The summed E-state index contributed by atoms with van der Waals surface area (Å²) in [6.07, 6.45) is 0.864. The second-order valence-corrected chi connectivity index (χ2v) is 6.62. The van der Waals surface area contributed by atoms with Crippen LogP contribution >= 0.6 is 0 Å². The first-order valence-electron chi connectivity index (χ1n) is 8.89. The third kappa shape index (κ3) is 4.28. The van der Waals surface area contributed by atoms with Crippen LogP contribution in [-0.4, -0.2) is 42.1 Å². The summed E-state index contributed by atoms with van der Waals surface area (Å²) in [6, 6.07) is 13.3. The van der Waals surface area contributed by atoms with Crippen LogP contribution < -0.4 is 15.0 Å². The van der Waals surface area contributed by atoms with E-state index in [4.69, 9.17) is 9.47 Å². The maximum absolute atomic E-state index is 12.4. The number of rotatable bonds is 7. The Morgan fingerprint density at radius 3 is 2.59 bits per heavy atom. The van der Waals surface area contributed by atoms with Crippen LogP contribution in [0, 0.1) is 6.92 Å². The molecule has 2 heterocycles. The molecule has 3 aromatic rings. The van der Waals surface area contributed by atoms with Crippen LogP contribution in [0.5, 0.6) is 11.5 Å². The minimum Gasteiger partial charge on any atom is -0.493 e. The largest absolute Gasteiger partial charge is 0.493 e. The number of hydrogen-bond donors (Lipinski definition) is 0. The van der Waals surface area contributed by atoms with E-state index in [-0.39, 0.29) is 5.56 Å². The van der Waals surface area contributed by atoms with Gasteiger partial charge in [0, 0.05) is 24.8 Å². The second kappa shape index (κ2) is 8.22. The van der Waals surface area contributed by atoms with Crippen molar-refractivity contribution in [3.05, 3.63) is 69.8 Å². The quantitative estimate of drug-likeness (QED) is 0.643. The summed E-state index contributed by atoms with van der Waals surface area (Å²) < 4.78 is 12.3. The van der Waals surface area contributed by atoms with E-state index in [2.05, 4.69) is 9.88 Å². The summed E-state index contributed by atoms with van der Waals surface area (Å²) in [6.45, 7) is 3.36. The van der Waals surface area contributed by atoms with Gasteiger partial charge in [0.05, 0.1) is 19.9 Å². The van der Waals surface area contributed by atoms with Crippen molar-refractivity contribution in [2.45, 2.75) is 19.9 Å². The Morgan fingerprint density at radius 2 is 1.85 bits per heavy atom. The minimum atomic E-state index is -0.0404. The van der Waals surface area contributed by atoms with E-state index in [0.717, 1.165) is 35.9 Å². The molecule has 3 rings (SSSR count). The molecular formula is C21H25N3O3. The van der Waals surface area contributed by atoms with Crippen molar-refractivity contribution < 1.29 is 9.47 Å². The van der Waals surface area contributed by atoms with Gasteiger partial charge >= 0.3 is 0 Å². The zero-order chi connectivity index (χ0) is 19.4. The highest BCUT2D eigenvalue weighted by Crippen LogP contribution is 2.27. The van der Waals surface area contributed by atoms with Crippen LogP contribution in [0.3, 0.4) is 0 Å². The Bertz CT molecular complexity index is 998. The number of pyridine rings is 1. The molecule has 0 amide bonds. The monoisotopic (exact) mass is 367 g/mol. The van der Waals surface area contributed by atoms with Crippen molar-refractivity contribution in [3.8, 4) is 11.5 Å². The van der Waals surface area contributed by atoms with Crippen LogP contribution in [0.1, 0.15) is 17.0 Å². The first-order chi connectivity index (χ1) is 13.0. The molecule has 0 bridgehead atoms. The lowest BCUT2D eigenvalue weighted by atomic mass is 10.1. The molecule has 0 saturated carbocycles. The predicted octanol–water partition coefficient (Wildman–Crippen LogP) is 2.69. The molecule has 27 heavy (non-hydrogen) atoms. The summed E-state index contributed by atoms with van der Waals surface area (Å²) in [5, 5.41) is 0. The lowest BCUT2D eigenvalue weighted by Gasteiger charge is -2.17. The molecule has 0 aliphatic rings. The van der Waals surface area contributed by atoms with Crippen LogP contribution in [0.2, 0.25) is 0 Å². The molecule has 6 heteroatoms. The smallest absolute Gasteiger partial charge is 0.258 e. The van der Waals surface area contributed by atoms with Crippen molar-refractivity contribution in [1.82, 2.24) is 14.3 Å². The summed E-state index contributed by atoms with van der Waals surface area (Å²) in [4.78, 5) is 19.2. The topological polar surface area (TPSA) is 56.1 Å². The van der Waals surface area contributed by atoms with Crippen molar-refractivity contribution in [2.24, 2.45) is 0 Å². The maximum atomic E-state index is 12.4. The van der Waals surface area contributed by atoms with Crippen molar-refractivity contribution in [3.63, 3.8) is 0 Å². The molecule has 0 aliphatic heterocycles. The van der Waals surface area contributed by atoms with Gasteiger partial charge < -0.3 is 14.4 Å². The summed E-state index contributed by atoms with van der Waals surface area (Å²) >= 11 is 0. The molecule has 0 spiro atoms. The van der Waals surface area contributed by atoms with Gasteiger partial charge in [-0.3, -0.25) is 9.20 Å². The third-order valence-corrected chi connectivity index (χ3v) is 4.60. The third-order valence-electron chi connectivity index (χ3n) is 4.60. The van der Waals surface area contributed by atoms with E-state index >= 15 is 0 Å². The molecule has 0 unspecified atom stereocenters. The molecule has 6 nitrogen and oxygen atoms in total. The molecule has 0 saturated heterocycles. The molecule has 2 aromatic heterocycles. The Kier molecular flexibility index (Phi) is 5.76. The number of nitrogens with zero attached hydrogens (tertiary/aromatic N) is 3. The number of aryl methyl sites for hydroxylation is 1. The van der Waals surface area contributed by atoms with Crippen LogP contribution in [0.4, 0.5) is 0 Å². The van der Waals surface area contributed by atoms with Gasteiger partial charge in [0.2, 0.25) is 0 Å². The van der Waals surface area contributed by atoms with E-state index in [1.807, 2.05) is 50.4 Å². The van der Waals surface area contributed by atoms with Crippen molar-refractivity contribution in [2.75, 3.05) is 27.8 Å². The van der Waals surface area contributed by atoms with Gasteiger partial charge in [0.25, 0.3) is 5.56 Å². The maximum Gasteiger partial charge on any atom is 0.258 e. The van der Waals surface area contributed by atoms with Crippen molar-refractivity contribution in [1.29, 1.82) is 0 Å². The number of methoxy groups -OCH3 is 2. The van der Waals surface area contributed by atoms with Gasteiger partial charge in [-0.25, -0.2) is 4.98 Å². The number of benzene rings is 1. The highest BCUT2D eigenvalue weighted by Gasteiger charge is 2.09. The lowest BCUT2D eigenvalue weighted by molar-refractivity contribution is 0.326. The zero-order valence-corrected chi connectivity index (χ0v) is 16.2. The fourth-order valence-electron chi connectivity index (χ4n) is 3.16. The fourth-order valence-corrected chi connectivity index (χ4v) is 3.16. The average molecular weight is 367 g/mol. The van der Waals surface area contributed by atoms with Gasteiger partial charge in [0.15, 0.2) is 11.5 Å². The predicted molar refractivity (Wildman–Crippen MR) is 106 cm³/mol. The zero-order valence-electron chi connectivity index (χ0n) is 16.2. The number of fused-ring (bicyclic) bond motifs is 1. The Labute approximate surface area is 159 Å². The summed E-state index contributed by atoms with van der Waals surface area (Å²) in [7, 11) is 5.30. The Hall–Kier alpha value is -2.86. The highest BCUT2D eigenvalue weighted by atomic mass is 16.5. The standard InChI is InChI=1S/C21H25N3O3/c1-15-6-5-7-20-22-17(13-21(25)24(15)20)14-23(2)11-10-16-8-9-18(26-3)19(12-16)27-4/h5-9,12-13H,10-11,14H2,1-4H3. The number of ether oxygens (including phenoxy) is 2. The summed E-state index contributed by atoms with van der Waals surface area (Å²) in [5.41, 5.74) is 3.48. The molecule has 0 aliphatic carbocycles. The van der Waals surface area contributed by atoms with Gasteiger partial charge in [-0.1, -0.05) is 12.1 Å². The second-order valence-electron chi connectivity index (χ2n) is 6.62.